The fourth-order valence-electron chi connectivity index (χ4n) is 5.24. The van der Waals surface area contributed by atoms with E-state index in [0.717, 1.165) is 0 Å². The van der Waals surface area contributed by atoms with E-state index in [9.17, 15) is 14.7 Å². The molecule has 0 radical (unpaired) electrons. The molecule has 4 rings (SSSR count). The first-order valence-corrected chi connectivity index (χ1v) is 15.7. The van der Waals surface area contributed by atoms with Crippen LogP contribution in [-0.2, 0) is 19.1 Å². The average Bonchev–Trinajstić information content (AvgIpc) is 3.36. The minimum absolute atomic E-state index is 0.0301. The fraction of sp³-hybridized carbons (Fsp3) is 0.531. The molecule has 4 N–H and O–H groups in total. The Bertz CT molecular complexity index is 1320. The van der Waals surface area contributed by atoms with Gasteiger partial charge in [-0.3, -0.25) is 15.0 Å². The van der Waals surface area contributed by atoms with Crippen LogP contribution < -0.4 is 15.6 Å². The minimum atomic E-state index is -1.61. The van der Waals surface area contributed by atoms with Gasteiger partial charge >= 0.3 is 5.97 Å². The molecule has 1 aliphatic heterocycles. The molecule has 12 heteroatoms. The summed E-state index contributed by atoms with van der Waals surface area (Å²) in [6.07, 6.45) is 1.66. The van der Waals surface area contributed by atoms with Gasteiger partial charge in [-0.05, 0) is 89.3 Å². The van der Waals surface area contributed by atoms with Gasteiger partial charge in [0.25, 0.3) is 5.91 Å². The lowest BCUT2D eigenvalue weighted by Crippen LogP contribution is -2.55. The molecular formula is C32H41Cl2N3O7. The minimum Gasteiger partial charge on any atom is -0.494 e. The SMILES string of the molecule is CC(C)(C)OC(=O)CC[C@]1(C(=O)NNC2CCC(O)CC2)N=C(c2ccc(OCCCO)cc2)O[C@H]1c1ccc(Cl)cc1Cl. The summed E-state index contributed by atoms with van der Waals surface area (Å²) in [4.78, 5) is 32.0. The van der Waals surface area contributed by atoms with Gasteiger partial charge in [-0.25, -0.2) is 10.4 Å². The van der Waals surface area contributed by atoms with E-state index in [2.05, 4.69) is 10.9 Å². The summed E-state index contributed by atoms with van der Waals surface area (Å²) in [6.45, 7) is 5.73. The zero-order chi connectivity index (χ0) is 31.9. The number of aliphatic imine (C=N–C) groups is 1. The van der Waals surface area contributed by atoms with Crippen molar-refractivity contribution in [3.63, 3.8) is 0 Å². The van der Waals surface area contributed by atoms with E-state index >= 15 is 0 Å². The number of nitrogens with zero attached hydrogens (tertiary/aromatic N) is 1. The number of nitrogens with one attached hydrogen (secondary N) is 2. The zero-order valence-electron chi connectivity index (χ0n) is 25.3. The third-order valence-electron chi connectivity index (χ3n) is 7.49. The molecule has 2 aromatic carbocycles. The molecule has 1 saturated carbocycles. The van der Waals surface area contributed by atoms with Gasteiger partial charge in [0, 0.05) is 46.7 Å². The summed E-state index contributed by atoms with van der Waals surface area (Å²) >= 11 is 12.9. The number of ether oxygens (including phenoxy) is 3. The smallest absolute Gasteiger partial charge is 0.306 e. The molecule has 0 spiro atoms. The van der Waals surface area contributed by atoms with Gasteiger partial charge in [-0.1, -0.05) is 29.3 Å². The summed E-state index contributed by atoms with van der Waals surface area (Å²) in [6, 6.07) is 11.9. The van der Waals surface area contributed by atoms with Crippen molar-refractivity contribution in [1.29, 1.82) is 0 Å². The molecule has 0 unspecified atom stereocenters. The van der Waals surface area contributed by atoms with E-state index in [1.807, 2.05) is 0 Å². The van der Waals surface area contributed by atoms with Crippen LogP contribution >= 0.6 is 23.2 Å². The number of carbonyl (C=O) groups is 2. The lowest BCUT2D eigenvalue weighted by atomic mass is 9.83. The molecule has 44 heavy (non-hydrogen) atoms. The number of aliphatic hydroxyl groups excluding tert-OH is 2. The average molecular weight is 651 g/mol. The number of hydrogen-bond acceptors (Lipinski definition) is 9. The maximum Gasteiger partial charge on any atom is 0.306 e. The van der Waals surface area contributed by atoms with Gasteiger partial charge < -0.3 is 24.4 Å². The number of esters is 1. The lowest BCUT2D eigenvalue weighted by Gasteiger charge is -2.33. The van der Waals surface area contributed by atoms with Crippen LogP contribution in [0.15, 0.2) is 47.5 Å². The van der Waals surface area contributed by atoms with Gasteiger partial charge in [0.15, 0.2) is 11.6 Å². The second-order valence-electron chi connectivity index (χ2n) is 12.1. The Kier molecular flexibility index (Phi) is 11.5. The van der Waals surface area contributed by atoms with Crippen LogP contribution in [0.25, 0.3) is 0 Å². The molecule has 2 aliphatic rings. The van der Waals surface area contributed by atoms with E-state index in [4.69, 9.17) is 47.5 Å². The van der Waals surface area contributed by atoms with Crippen molar-refractivity contribution in [2.24, 2.45) is 4.99 Å². The number of benzene rings is 2. The maximum absolute atomic E-state index is 14.2. The van der Waals surface area contributed by atoms with Crippen molar-refractivity contribution in [1.82, 2.24) is 10.9 Å². The van der Waals surface area contributed by atoms with Crippen molar-refractivity contribution < 1.29 is 34.0 Å². The summed E-state index contributed by atoms with van der Waals surface area (Å²) in [5.74, 6) is -0.174. The van der Waals surface area contributed by atoms with Crippen molar-refractivity contribution >= 4 is 41.0 Å². The topological polar surface area (TPSA) is 139 Å². The standard InChI is InChI=1S/C32H41Cl2N3O7/c1-31(2,3)44-27(40)15-16-32(30(41)37-36-22-8-10-23(39)11-9-22)28(25-14-7-21(33)19-26(25)34)43-29(35-32)20-5-12-24(13-6-20)42-18-4-17-38/h5-7,12-14,19,22-23,28,36,38-39H,4,8-11,15-18H2,1-3H3,(H,37,41)/t22?,23?,28-,32-/m0/s1. The van der Waals surface area contributed by atoms with Crippen molar-refractivity contribution in [3.8, 4) is 5.75 Å². The Hall–Kier alpha value is -2.89. The molecule has 2 atom stereocenters. The highest BCUT2D eigenvalue weighted by Crippen LogP contribution is 2.45. The van der Waals surface area contributed by atoms with Crippen LogP contribution in [0.4, 0.5) is 0 Å². The van der Waals surface area contributed by atoms with Crippen LogP contribution in [-0.4, -0.2) is 64.5 Å². The molecule has 0 saturated heterocycles. The quantitative estimate of drug-likeness (QED) is 0.142. The van der Waals surface area contributed by atoms with Crippen LogP contribution in [0.2, 0.25) is 10.0 Å². The highest BCUT2D eigenvalue weighted by atomic mass is 35.5. The fourth-order valence-corrected chi connectivity index (χ4v) is 5.75. The lowest BCUT2D eigenvalue weighted by molar-refractivity contribution is -0.155. The molecular weight excluding hydrogens is 609 g/mol. The number of halogens is 2. The number of aliphatic hydroxyl groups is 2. The monoisotopic (exact) mass is 649 g/mol. The predicted molar refractivity (Wildman–Crippen MR) is 168 cm³/mol. The molecule has 1 aliphatic carbocycles. The van der Waals surface area contributed by atoms with E-state index in [1.165, 1.54) is 0 Å². The van der Waals surface area contributed by atoms with Crippen LogP contribution in [0, 0.1) is 0 Å². The van der Waals surface area contributed by atoms with Crippen LogP contribution in [0.5, 0.6) is 5.75 Å². The van der Waals surface area contributed by atoms with Crippen LogP contribution in [0.1, 0.15) is 82.9 Å². The molecule has 2 aromatic rings. The van der Waals surface area contributed by atoms with Gasteiger partial charge in [-0.15, -0.1) is 0 Å². The normalized spacial score (nSPS) is 23.4. The number of hydrogen-bond donors (Lipinski definition) is 4. The Labute approximate surface area is 268 Å². The summed E-state index contributed by atoms with van der Waals surface area (Å²) in [7, 11) is 0. The van der Waals surface area contributed by atoms with Crippen LogP contribution in [0.3, 0.4) is 0 Å². The Morgan fingerprint density at radius 3 is 2.43 bits per heavy atom. The zero-order valence-corrected chi connectivity index (χ0v) is 26.8. The third-order valence-corrected chi connectivity index (χ3v) is 8.05. The molecule has 240 valence electrons. The first-order valence-electron chi connectivity index (χ1n) is 14.9. The predicted octanol–water partition coefficient (Wildman–Crippen LogP) is 5.06. The number of hydrazine groups is 1. The number of carbonyl (C=O) groups excluding carboxylic acids is 2. The second kappa shape index (κ2) is 14.9. The summed E-state index contributed by atoms with van der Waals surface area (Å²) in [5, 5.41) is 19.6. The van der Waals surface area contributed by atoms with Gasteiger partial charge in [0.1, 0.15) is 11.4 Å². The maximum atomic E-state index is 14.2. The molecule has 1 heterocycles. The first kappa shape index (κ1) is 34.0. The highest BCUT2D eigenvalue weighted by molar-refractivity contribution is 6.35. The second-order valence-corrected chi connectivity index (χ2v) is 13.0. The number of amides is 1. The first-order chi connectivity index (χ1) is 20.9. The Morgan fingerprint density at radius 2 is 1.80 bits per heavy atom. The van der Waals surface area contributed by atoms with Crippen molar-refractivity contribution in [2.75, 3.05) is 13.2 Å². The third kappa shape index (κ3) is 8.85. The largest absolute Gasteiger partial charge is 0.494 e. The van der Waals surface area contributed by atoms with Crippen molar-refractivity contribution in [2.45, 2.75) is 95.1 Å². The molecule has 1 amide bonds. The number of rotatable bonds is 12. The van der Waals surface area contributed by atoms with E-state index < -0.39 is 29.1 Å². The van der Waals surface area contributed by atoms with E-state index in [1.54, 1.807) is 63.2 Å². The van der Waals surface area contributed by atoms with Crippen molar-refractivity contribution in [3.05, 3.63) is 63.6 Å². The summed E-state index contributed by atoms with van der Waals surface area (Å²) < 4.78 is 17.7. The molecule has 1 fully saturated rings. The Morgan fingerprint density at radius 1 is 1.09 bits per heavy atom. The van der Waals surface area contributed by atoms with Gasteiger partial charge in [-0.2, -0.15) is 0 Å². The van der Waals surface area contributed by atoms with E-state index in [-0.39, 0.29) is 42.5 Å². The van der Waals surface area contributed by atoms with E-state index in [0.29, 0.717) is 60.6 Å². The van der Waals surface area contributed by atoms with Gasteiger partial charge in [0.2, 0.25) is 5.90 Å². The summed E-state index contributed by atoms with van der Waals surface area (Å²) in [5.41, 5.74) is 4.71. The Balaban J connectivity index is 1.70. The van der Waals surface area contributed by atoms with Gasteiger partial charge in [0.05, 0.1) is 12.7 Å². The molecule has 0 bridgehead atoms. The highest BCUT2D eigenvalue weighted by Gasteiger charge is 2.54. The molecule has 10 nitrogen and oxygen atoms in total. The molecule has 0 aromatic heterocycles.